The molecule has 1 aromatic heterocycles. The van der Waals surface area contributed by atoms with E-state index in [1.54, 1.807) is 11.3 Å². The summed E-state index contributed by atoms with van der Waals surface area (Å²) in [4.78, 5) is 4.58. The first kappa shape index (κ1) is 11.1. The Hall–Kier alpha value is -0.410. The van der Waals surface area contributed by atoms with Crippen molar-refractivity contribution in [2.24, 2.45) is 0 Å². The molecule has 3 heteroatoms. The van der Waals surface area contributed by atoms with Crippen LogP contribution in [0.25, 0.3) is 0 Å². The van der Waals surface area contributed by atoms with Gasteiger partial charge in [0, 0.05) is 17.3 Å². The van der Waals surface area contributed by atoms with Crippen molar-refractivity contribution in [1.82, 2.24) is 10.3 Å². The second-order valence-electron chi connectivity index (χ2n) is 4.60. The number of aryl methyl sites for hydroxylation is 1. The van der Waals surface area contributed by atoms with Gasteiger partial charge in [-0.25, -0.2) is 4.98 Å². The quantitative estimate of drug-likeness (QED) is 0.850. The van der Waals surface area contributed by atoms with Crippen molar-refractivity contribution in [2.45, 2.75) is 51.5 Å². The summed E-state index contributed by atoms with van der Waals surface area (Å²) in [6.45, 7) is 5.54. The monoisotopic (exact) mass is 224 g/mol. The van der Waals surface area contributed by atoms with E-state index in [1.807, 2.05) is 0 Å². The molecule has 0 radical (unpaired) electrons. The average molecular weight is 224 g/mol. The fraction of sp³-hybridized carbons (Fsp3) is 0.750. The lowest BCUT2D eigenvalue weighted by Gasteiger charge is -2.28. The molecule has 0 saturated carbocycles. The molecule has 1 unspecified atom stereocenters. The van der Waals surface area contributed by atoms with Gasteiger partial charge in [0.25, 0.3) is 0 Å². The van der Waals surface area contributed by atoms with E-state index in [0.717, 1.165) is 6.42 Å². The minimum atomic E-state index is 0.356. The number of thiazole rings is 1. The Morgan fingerprint density at radius 3 is 3.00 bits per heavy atom. The zero-order valence-corrected chi connectivity index (χ0v) is 10.5. The highest BCUT2D eigenvalue weighted by Crippen LogP contribution is 2.29. The number of nitrogens with one attached hydrogen (secondary N) is 1. The highest BCUT2D eigenvalue weighted by Gasteiger charge is 2.32. The summed E-state index contributed by atoms with van der Waals surface area (Å²) in [5.41, 5.74) is 1.63. The summed E-state index contributed by atoms with van der Waals surface area (Å²) >= 11 is 1.77. The molecule has 0 aliphatic carbocycles. The summed E-state index contributed by atoms with van der Waals surface area (Å²) in [7, 11) is 0. The molecule has 2 nitrogen and oxygen atoms in total. The third kappa shape index (κ3) is 2.58. The summed E-state index contributed by atoms with van der Waals surface area (Å²) in [5, 5.41) is 7.10. The van der Waals surface area contributed by atoms with Crippen LogP contribution >= 0.6 is 11.3 Å². The minimum Gasteiger partial charge on any atom is -0.311 e. The zero-order chi connectivity index (χ0) is 10.7. The van der Waals surface area contributed by atoms with E-state index in [-0.39, 0.29) is 0 Å². The molecule has 1 saturated heterocycles. The van der Waals surface area contributed by atoms with Crippen molar-refractivity contribution in [1.29, 1.82) is 0 Å². The molecule has 1 aliphatic heterocycles. The molecule has 84 valence electrons. The van der Waals surface area contributed by atoms with Crippen molar-refractivity contribution in [3.8, 4) is 0 Å². The van der Waals surface area contributed by atoms with E-state index in [1.165, 1.54) is 42.9 Å². The number of nitrogens with zero attached hydrogens (tertiary/aromatic N) is 1. The zero-order valence-electron chi connectivity index (χ0n) is 9.68. The van der Waals surface area contributed by atoms with E-state index in [9.17, 15) is 0 Å². The number of hydrogen-bond acceptors (Lipinski definition) is 3. The van der Waals surface area contributed by atoms with E-state index in [4.69, 9.17) is 0 Å². The standard InChI is InChI=1S/C12H20N2S/c1-3-5-12(6-4-7-13-12)8-11-9-15-10(2)14-11/h9,13H,3-8H2,1-2H3. The van der Waals surface area contributed by atoms with Gasteiger partial charge in [-0.3, -0.25) is 0 Å². The fourth-order valence-electron chi connectivity index (χ4n) is 2.64. The van der Waals surface area contributed by atoms with Crippen LogP contribution in [-0.2, 0) is 6.42 Å². The van der Waals surface area contributed by atoms with Crippen LogP contribution in [-0.4, -0.2) is 17.1 Å². The van der Waals surface area contributed by atoms with Gasteiger partial charge >= 0.3 is 0 Å². The van der Waals surface area contributed by atoms with Crippen LogP contribution in [0, 0.1) is 6.92 Å². The third-order valence-electron chi connectivity index (χ3n) is 3.25. The molecule has 0 aromatic carbocycles. The van der Waals surface area contributed by atoms with E-state index >= 15 is 0 Å². The molecular formula is C12H20N2S. The predicted octanol–water partition coefficient (Wildman–Crippen LogP) is 2.92. The highest BCUT2D eigenvalue weighted by molar-refractivity contribution is 7.09. The Balaban J connectivity index is 2.06. The van der Waals surface area contributed by atoms with E-state index in [0.29, 0.717) is 5.54 Å². The maximum Gasteiger partial charge on any atom is 0.0897 e. The molecule has 2 heterocycles. The molecule has 1 atom stereocenters. The maximum atomic E-state index is 4.58. The van der Waals surface area contributed by atoms with Crippen molar-refractivity contribution in [2.75, 3.05) is 6.54 Å². The largest absolute Gasteiger partial charge is 0.311 e. The van der Waals surface area contributed by atoms with Gasteiger partial charge in [0.05, 0.1) is 10.7 Å². The molecule has 0 spiro atoms. The first-order chi connectivity index (χ1) is 7.24. The molecule has 1 N–H and O–H groups in total. The van der Waals surface area contributed by atoms with Crippen LogP contribution in [0.5, 0.6) is 0 Å². The van der Waals surface area contributed by atoms with E-state index < -0.39 is 0 Å². The summed E-state index contributed by atoms with van der Waals surface area (Å²) < 4.78 is 0. The third-order valence-corrected chi connectivity index (χ3v) is 4.07. The number of hydrogen-bond donors (Lipinski definition) is 1. The van der Waals surface area contributed by atoms with Gasteiger partial charge in [0.15, 0.2) is 0 Å². The maximum absolute atomic E-state index is 4.58. The number of rotatable bonds is 4. The normalized spacial score (nSPS) is 26.0. The van der Waals surface area contributed by atoms with Gasteiger partial charge in [0.2, 0.25) is 0 Å². The Kier molecular flexibility index (Phi) is 3.42. The van der Waals surface area contributed by atoms with Gasteiger partial charge in [-0.1, -0.05) is 13.3 Å². The summed E-state index contributed by atoms with van der Waals surface area (Å²) in [6.07, 6.45) is 6.30. The Labute approximate surface area is 96.1 Å². The van der Waals surface area contributed by atoms with Crippen LogP contribution in [0.2, 0.25) is 0 Å². The lowest BCUT2D eigenvalue weighted by Crippen LogP contribution is -2.41. The van der Waals surface area contributed by atoms with Crippen molar-refractivity contribution in [3.63, 3.8) is 0 Å². The smallest absolute Gasteiger partial charge is 0.0897 e. The van der Waals surface area contributed by atoms with Crippen molar-refractivity contribution >= 4 is 11.3 Å². The van der Waals surface area contributed by atoms with Gasteiger partial charge in [0.1, 0.15) is 0 Å². The summed E-state index contributed by atoms with van der Waals surface area (Å²) in [5.74, 6) is 0. The van der Waals surface area contributed by atoms with Crippen molar-refractivity contribution in [3.05, 3.63) is 16.1 Å². The first-order valence-corrected chi connectivity index (χ1v) is 6.78. The lowest BCUT2D eigenvalue weighted by atomic mass is 9.87. The second-order valence-corrected chi connectivity index (χ2v) is 5.66. The topological polar surface area (TPSA) is 24.9 Å². The van der Waals surface area contributed by atoms with Gasteiger partial charge in [-0.2, -0.15) is 0 Å². The van der Waals surface area contributed by atoms with Crippen LogP contribution in [0.15, 0.2) is 5.38 Å². The first-order valence-electron chi connectivity index (χ1n) is 5.90. The average Bonchev–Trinajstić information content (AvgIpc) is 2.78. The fourth-order valence-corrected chi connectivity index (χ4v) is 3.25. The van der Waals surface area contributed by atoms with Crippen molar-refractivity contribution < 1.29 is 0 Å². The van der Waals surface area contributed by atoms with Gasteiger partial charge in [-0.15, -0.1) is 11.3 Å². The SMILES string of the molecule is CCCC1(Cc2csc(C)n2)CCCN1. The Morgan fingerprint density at radius 2 is 2.47 bits per heavy atom. The van der Waals surface area contributed by atoms with Gasteiger partial charge in [-0.05, 0) is 32.7 Å². The van der Waals surface area contributed by atoms with Crippen LogP contribution < -0.4 is 5.32 Å². The number of aromatic nitrogens is 1. The Morgan fingerprint density at radius 1 is 1.60 bits per heavy atom. The van der Waals surface area contributed by atoms with Gasteiger partial charge < -0.3 is 5.32 Å². The van der Waals surface area contributed by atoms with E-state index in [2.05, 4.69) is 29.5 Å². The van der Waals surface area contributed by atoms with Crippen LogP contribution in [0.1, 0.15) is 43.3 Å². The molecule has 15 heavy (non-hydrogen) atoms. The molecule has 2 rings (SSSR count). The summed E-state index contributed by atoms with van der Waals surface area (Å²) in [6, 6.07) is 0. The second kappa shape index (κ2) is 4.62. The predicted molar refractivity (Wildman–Crippen MR) is 65.4 cm³/mol. The Bertz CT molecular complexity index is 313. The minimum absolute atomic E-state index is 0.356. The molecule has 0 amide bonds. The molecule has 0 bridgehead atoms. The van der Waals surface area contributed by atoms with Crippen LogP contribution in [0.3, 0.4) is 0 Å². The molecule has 1 fully saturated rings. The molecule has 1 aliphatic rings. The van der Waals surface area contributed by atoms with Crippen LogP contribution in [0.4, 0.5) is 0 Å². The molecular weight excluding hydrogens is 204 g/mol. The lowest BCUT2D eigenvalue weighted by molar-refractivity contribution is 0.339. The highest BCUT2D eigenvalue weighted by atomic mass is 32.1. The molecule has 1 aromatic rings.